The summed E-state index contributed by atoms with van der Waals surface area (Å²) in [5.41, 5.74) is 7.74. The average Bonchev–Trinajstić information content (AvgIpc) is 1.61. The molecular formula is C77H90Cl5N7O11. The Morgan fingerprint density at radius 1 is 0.520 bits per heavy atom. The Kier molecular flexibility index (Phi) is 26.8. The summed E-state index contributed by atoms with van der Waals surface area (Å²) in [6.45, 7) is 17.1. The number of ether oxygens (including phenoxy) is 4. The molecule has 0 aliphatic carbocycles. The molecule has 534 valence electrons. The number of carbonyl (C=O) groups excluding carboxylic acids is 2. The van der Waals surface area contributed by atoms with Crippen LogP contribution >= 0.6 is 58.0 Å². The quantitative estimate of drug-likeness (QED) is 0.0515. The third-order valence-electron chi connectivity index (χ3n) is 19.2. The van der Waals surface area contributed by atoms with Crippen molar-refractivity contribution in [3.63, 3.8) is 0 Å². The summed E-state index contributed by atoms with van der Waals surface area (Å²) in [6.07, 6.45) is 5.82. The van der Waals surface area contributed by atoms with E-state index in [2.05, 4.69) is 63.0 Å². The molecule has 3 N–H and O–H groups in total. The largest absolute Gasteiger partial charge is 0.491 e. The maximum Gasteiger partial charge on any atom is 0.410 e. The maximum atomic E-state index is 11.8. The molecule has 6 aromatic carbocycles. The standard InChI is InChI=1S/C28H32ClN3O4.C25H30Cl2N2O3.C24H28Cl2N2O4/c1-17(2)22-13-20(7-8-24(22)29)19-9-11-32(12-10-19)15-21(33)16-34-25-5-4-6-26-23(25)14-27(36-26)28-31-30-18(3)35-28;26-23-7-6-20(14-24(23)27)19-8-11-28(12-9-19)16-21(30)17-32-22-4-1-3-18(13-22)15-29-10-2-5-25(29)31;25-22-5-4-19(13-23(22)26)18-6-8-27(9-7-18)15-20(29)16-32-21-3-1-2-17(12-21)14-28-10-11-31-24(28)30/h4-8,13-14,17,19,21,33H,9-12,15-16H2,1-3H3;1,3-4,6-7,13-14,19,21,30H,2,5,8-12,15-17H2;1-5,12-13,18,20,29H,6-11,14-16H2. The third kappa shape index (κ3) is 21.0. The molecule has 13 rings (SSSR count). The van der Waals surface area contributed by atoms with Crippen LogP contribution < -0.4 is 14.2 Å². The number of furan rings is 1. The van der Waals surface area contributed by atoms with E-state index in [-0.39, 0.29) is 31.8 Å². The van der Waals surface area contributed by atoms with Crippen LogP contribution in [-0.4, -0.2) is 179 Å². The van der Waals surface area contributed by atoms with Gasteiger partial charge < -0.3 is 67.6 Å². The highest BCUT2D eigenvalue weighted by molar-refractivity contribution is 6.42. The minimum atomic E-state index is -0.593. The molecule has 8 aromatic rings. The fourth-order valence-electron chi connectivity index (χ4n) is 13.8. The molecule has 23 heteroatoms. The minimum absolute atomic E-state index is 0.203. The topological polar surface area (TPSA) is 200 Å². The summed E-state index contributed by atoms with van der Waals surface area (Å²) in [7, 11) is 0. The number of carbonyl (C=O) groups is 2. The molecule has 0 saturated carbocycles. The lowest BCUT2D eigenvalue weighted by Gasteiger charge is -2.33. The highest BCUT2D eigenvalue weighted by Gasteiger charge is 2.29. The van der Waals surface area contributed by atoms with Crippen molar-refractivity contribution in [1.29, 1.82) is 0 Å². The number of piperidine rings is 3. The van der Waals surface area contributed by atoms with Crippen LogP contribution in [0.15, 0.2) is 136 Å². The molecule has 5 aliphatic heterocycles. The van der Waals surface area contributed by atoms with E-state index in [1.807, 2.05) is 108 Å². The molecule has 0 spiro atoms. The monoisotopic (exact) mass is 1460 g/mol. The Labute approximate surface area is 610 Å². The number of aryl methyl sites for hydroxylation is 1. The summed E-state index contributed by atoms with van der Waals surface area (Å²) in [5.74, 6) is 5.46. The zero-order valence-corrected chi connectivity index (χ0v) is 60.8. The second-order valence-corrected chi connectivity index (χ2v) is 29.1. The van der Waals surface area contributed by atoms with Crippen molar-refractivity contribution in [2.75, 3.05) is 98.4 Å². The number of amides is 2. The normalized spacial score (nSPS) is 17.8. The van der Waals surface area contributed by atoms with Gasteiger partial charge in [0, 0.05) is 63.7 Å². The van der Waals surface area contributed by atoms with Gasteiger partial charge in [0.15, 0.2) is 5.76 Å². The number of aliphatic hydroxyl groups is 3. The Balaban J connectivity index is 0.000000152. The van der Waals surface area contributed by atoms with E-state index >= 15 is 0 Å². The predicted molar refractivity (Wildman–Crippen MR) is 392 cm³/mol. The van der Waals surface area contributed by atoms with Crippen molar-refractivity contribution >= 4 is 81.0 Å². The number of β-amino-alcohol motifs (C(OH)–C–C–N with tert-alkyl or cyclic N) is 3. The van der Waals surface area contributed by atoms with Gasteiger partial charge in [-0.15, -0.1) is 10.2 Å². The molecule has 5 aliphatic rings. The lowest BCUT2D eigenvalue weighted by atomic mass is 9.87. The average molecular weight is 1470 g/mol. The van der Waals surface area contributed by atoms with E-state index in [1.165, 1.54) is 22.3 Å². The van der Waals surface area contributed by atoms with Crippen LogP contribution in [0.2, 0.25) is 25.1 Å². The molecule has 5 saturated heterocycles. The Morgan fingerprint density at radius 3 is 1.47 bits per heavy atom. The first-order valence-corrected chi connectivity index (χ1v) is 36.7. The highest BCUT2D eigenvalue weighted by Crippen LogP contribution is 2.38. The van der Waals surface area contributed by atoms with Gasteiger partial charge in [0.1, 0.15) is 67.6 Å². The molecule has 5 fully saturated rings. The lowest BCUT2D eigenvalue weighted by molar-refractivity contribution is -0.128. The van der Waals surface area contributed by atoms with E-state index in [4.69, 9.17) is 85.8 Å². The van der Waals surface area contributed by atoms with Crippen LogP contribution in [0.5, 0.6) is 17.2 Å². The molecule has 0 radical (unpaired) electrons. The maximum absolute atomic E-state index is 11.8. The number of hydrogen-bond donors (Lipinski definition) is 3. The van der Waals surface area contributed by atoms with Crippen molar-refractivity contribution in [2.24, 2.45) is 0 Å². The van der Waals surface area contributed by atoms with Crippen molar-refractivity contribution < 1.29 is 52.7 Å². The molecule has 100 heavy (non-hydrogen) atoms. The minimum Gasteiger partial charge on any atom is -0.491 e. The van der Waals surface area contributed by atoms with Crippen molar-refractivity contribution in [1.82, 2.24) is 34.7 Å². The van der Waals surface area contributed by atoms with Gasteiger partial charge in [-0.1, -0.05) is 126 Å². The molecule has 3 atom stereocenters. The van der Waals surface area contributed by atoms with Crippen LogP contribution in [0.25, 0.3) is 22.6 Å². The smallest absolute Gasteiger partial charge is 0.410 e. The molecular weight excluding hydrogens is 1380 g/mol. The van der Waals surface area contributed by atoms with Crippen molar-refractivity contribution in [2.45, 2.75) is 127 Å². The molecule has 3 unspecified atom stereocenters. The first-order valence-electron chi connectivity index (χ1n) is 34.8. The van der Waals surface area contributed by atoms with Crippen LogP contribution in [0.1, 0.15) is 128 Å². The van der Waals surface area contributed by atoms with Gasteiger partial charge in [-0.3, -0.25) is 4.79 Å². The zero-order valence-electron chi connectivity index (χ0n) is 57.0. The first kappa shape index (κ1) is 74.5. The third-order valence-corrected chi connectivity index (χ3v) is 21.1. The van der Waals surface area contributed by atoms with E-state index in [9.17, 15) is 24.9 Å². The number of benzene rings is 6. The summed E-state index contributed by atoms with van der Waals surface area (Å²) in [4.78, 5) is 33.9. The molecule has 2 aromatic heterocycles. The zero-order chi connectivity index (χ0) is 70.2. The molecule has 7 heterocycles. The number of hydrogen-bond acceptors (Lipinski definition) is 16. The molecule has 2 amide bonds. The first-order chi connectivity index (χ1) is 48.3. The second kappa shape index (κ2) is 36.0. The number of aromatic nitrogens is 2. The SMILES string of the molecule is Cc1nnc(-c2cc3c(OCC(O)CN4CCC(c5ccc(Cl)c(C(C)C)c5)CC4)cccc3o2)o1.O=C1CCCN1Cc1cccc(OCC(O)CN2CCC(c3ccc(Cl)c(Cl)c3)CC2)c1.O=C1OCCN1Cc1cccc(OCC(O)CN2CCC(c3ccc(Cl)c(Cl)c3)CC2)c1. The van der Waals surface area contributed by atoms with E-state index < -0.39 is 18.3 Å². The van der Waals surface area contributed by atoms with Crippen molar-refractivity contribution in [3.8, 4) is 28.9 Å². The number of fused-ring (bicyclic) bond motifs is 1. The number of halogens is 5. The Bertz CT molecular complexity index is 3830. The van der Waals surface area contributed by atoms with Crippen LogP contribution in [0, 0.1) is 6.92 Å². The number of rotatable bonds is 24. The van der Waals surface area contributed by atoms with E-state index in [0.717, 1.165) is 118 Å². The number of cyclic esters (lactones) is 1. The van der Waals surface area contributed by atoms with E-state index in [0.29, 0.717) is 131 Å². The summed E-state index contributed by atoms with van der Waals surface area (Å²) in [6, 6.07) is 41.1. The fourth-order valence-corrected chi connectivity index (χ4v) is 14.7. The number of likely N-dealkylation sites (tertiary alicyclic amines) is 4. The number of aliphatic hydroxyl groups excluding tert-OH is 3. The molecule has 18 nitrogen and oxygen atoms in total. The Hall–Kier alpha value is -6.65. The lowest BCUT2D eigenvalue weighted by Crippen LogP contribution is -2.40. The van der Waals surface area contributed by atoms with Gasteiger partial charge in [0.25, 0.3) is 5.89 Å². The van der Waals surface area contributed by atoms with Gasteiger partial charge in [0.05, 0.1) is 32.0 Å². The predicted octanol–water partition coefficient (Wildman–Crippen LogP) is 15.5. The van der Waals surface area contributed by atoms with Crippen LogP contribution in [-0.2, 0) is 22.6 Å². The summed E-state index contributed by atoms with van der Waals surface area (Å²) in [5, 5.41) is 43.6. The summed E-state index contributed by atoms with van der Waals surface area (Å²) < 4.78 is 34.0. The Morgan fingerprint density at radius 2 is 1.01 bits per heavy atom. The van der Waals surface area contributed by atoms with Gasteiger partial charge in [-0.05, 0) is 208 Å². The van der Waals surface area contributed by atoms with Crippen LogP contribution in [0.3, 0.4) is 0 Å². The highest BCUT2D eigenvalue weighted by atomic mass is 35.5. The second-order valence-electron chi connectivity index (χ2n) is 27.1. The molecule has 0 bridgehead atoms. The van der Waals surface area contributed by atoms with Gasteiger partial charge in [-0.2, -0.15) is 0 Å². The van der Waals surface area contributed by atoms with Crippen molar-refractivity contribution in [3.05, 3.63) is 192 Å². The fraction of sp³-hybridized carbons (Fsp3) is 0.455. The van der Waals surface area contributed by atoms with Gasteiger partial charge in [0.2, 0.25) is 11.8 Å². The van der Waals surface area contributed by atoms with E-state index in [1.54, 1.807) is 11.8 Å². The van der Waals surface area contributed by atoms with Gasteiger partial charge >= 0.3 is 6.09 Å². The van der Waals surface area contributed by atoms with Crippen LogP contribution in [0.4, 0.5) is 4.79 Å². The summed E-state index contributed by atoms with van der Waals surface area (Å²) >= 11 is 30.8. The van der Waals surface area contributed by atoms with Gasteiger partial charge in [-0.25, -0.2) is 4.79 Å². The number of nitrogens with zero attached hydrogens (tertiary/aromatic N) is 7.